The van der Waals surface area contributed by atoms with E-state index < -0.39 is 16.6 Å². The Hall–Kier alpha value is 0.194. The summed E-state index contributed by atoms with van der Waals surface area (Å²) in [5, 5.41) is 0. The van der Waals surface area contributed by atoms with Gasteiger partial charge in [0, 0.05) is 26.4 Å². The normalized spacial score (nSPS) is 12.7. The van der Waals surface area contributed by atoms with Crippen LogP contribution in [0.15, 0.2) is 0 Å². The van der Waals surface area contributed by atoms with E-state index in [4.69, 9.17) is 27.8 Å². The molecule has 0 aromatic carbocycles. The van der Waals surface area contributed by atoms with E-state index in [1.54, 1.807) is 0 Å². The fraction of sp³-hybridized carbons (Fsp3) is 1.00. The highest BCUT2D eigenvalue weighted by molar-refractivity contribution is 6.70. The van der Waals surface area contributed by atoms with Crippen LogP contribution in [0, 0.1) is 0 Å². The van der Waals surface area contributed by atoms with Gasteiger partial charge in [0.1, 0.15) is 0 Å². The topological polar surface area (TPSA) is 55.4 Å². The van der Waals surface area contributed by atoms with E-state index >= 15 is 0 Å². The zero-order chi connectivity index (χ0) is 19.7. The van der Waals surface area contributed by atoms with Crippen molar-refractivity contribution in [1.29, 1.82) is 0 Å². The smallest absolute Gasteiger partial charge is 0.183 e. The molecule has 0 heterocycles. The van der Waals surface area contributed by atoms with E-state index in [0.717, 1.165) is 39.3 Å². The van der Waals surface area contributed by atoms with Crippen LogP contribution in [-0.2, 0) is 27.8 Å². The minimum atomic E-state index is -1.38. The summed E-state index contributed by atoms with van der Waals surface area (Å²) in [5.41, 5.74) is 0. The lowest BCUT2D eigenvalue weighted by atomic mass is 10.5. The Balaban J connectivity index is 3.07. The zero-order valence-corrected chi connectivity index (χ0v) is 19.9. The van der Waals surface area contributed by atoms with E-state index in [9.17, 15) is 0 Å². The molecule has 0 fully saturated rings. The van der Waals surface area contributed by atoms with Gasteiger partial charge in [0.2, 0.25) is 0 Å². The van der Waals surface area contributed by atoms with Crippen molar-refractivity contribution in [3.8, 4) is 0 Å². The summed E-state index contributed by atoms with van der Waals surface area (Å²) < 4.78 is 33.4. The maximum atomic E-state index is 5.76. The minimum absolute atomic E-state index is 0.589. The molecule has 0 N–H and O–H groups in total. The number of hydrogen-bond acceptors (Lipinski definition) is 6. The summed E-state index contributed by atoms with van der Waals surface area (Å²) in [7, 11) is -2.76. The molecule has 0 unspecified atom stereocenters. The molecule has 0 radical (unpaired) electrons. The van der Waals surface area contributed by atoms with Crippen molar-refractivity contribution in [1.82, 2.24) is 0 Å². The molecule has 0 saturated carbocycles. The van der Waals surface area contributed by atoms with E-state index in [-0.39, 0.29) is 0 Å². The summed E-state index contributed by atoms with van der Waals surface area (Å²) in [4.78, 5) is 0. The molecule has 0 aromatic heterocycles. The Morgan fingerprint density at radius 1 is 0.385 bits per heavy atom. The molecule has 0 aliphatic rings. The highest BCUT2D eigenvalue weighted by Crippen LogP contribution is 2.03. The number of ether oxygens (including phenoxy) is 4. The Labute approximate surface area is 163 Å². The monoisotopic (exact) mass is 410 g/mol. The van der Waals surface area contributed by atoms with Crippen molar-refractivity contribution in [2.24, 2.45) is 0 Å². The van der Waals surface area contributed by atoms with Gasteiger partial charge in [-0.2, -0.15) is 0 Å². The number of hydrogen-bond donors (Lipinski definition) is 0. The van der Waals surface area contributed by atoms with Gasteiger partial charge in [0.05, 0.1) is 39.6 Å². The Bertz CT molecular complexity index is 275. The Kier molecular flexibility index (Phi) is 16.3. The van der Waals surface area contributed by atoms with Gasteiger partial charge in [-0.15, -0.1) is 0 Å². The molecule has 8 heteroatoms. The van der Waals surface area contributed by atoms with Crippen LogP contribution in [0.25, 0.3) is 0 Å². The van der Waals surface area contributed by atoms with E-state index in [0.29, 0.717) is 39.6 Å². The molecular formula is C18H42O6Si2. The Morgan fingerprint density at radius 2 is 0.654 bits per heavy atom. The first-order valence-corrected chi connectivity index (χ1v) is 16.6. The van der Waals surface area contributed by atoms with Crippen LogP contribution in [-0.4, -0.2) is 82.7 Å². The SMILES string of the molecule is C[Si](C)(C)OCCCOCCOCCOCCOCCCO[Si](C)(C)C. The quantitative estimate of drug-likeness (QED) is 0.240. The lowest BCUT2D eigenvalue weighted by molar-refractivity contribution is -0.00371. The standard InChI is InChI=1S/C18H42O6Si2/c1-25(2,3)23-11-7-9-19-13-15-21-17-18-22-16-14-20-10-8-12-24-26(4,5)6/h7-18H2,1-6H3. The molecule has 0 bridgehead atoms. The minimum Gasteiger partial charge on any atom is -0.418 e. The van der Waals surface area contributed by atoms with Crippen LogP contribution in [0.2, 0.25) is 39.3 Å². The van der Waals surface area contributed by atoms with Gasteiger partial charge < -0.3 is 27.8 Å². The van der Waals surface area contributed by atoms with Gasteiger partial charge in [0.15, 0.2) is 16.6 Å². The largest absolute Gasteiger partial charge is 0.418 e. The predicted molar refractivity (Wildman–Crippen MR) is 111 cm³/mol. The van der Waals surface area contributed by atoms with Crippen LogP contribution >= 0.6 is 0 Å². The molecule has 0 rings (SSSR count). The molecule has 6 nitrogen and oxygen atoms in total. The summed E-state index contributed by atoms with van der Waals surface area (Å²) in [6, 6.07) is 0. The number of rotatable bonds is 19. The first kappa shape index (κ1) is 26.2. The molecule has 0 atom stereocenters. The molecule has 0 aliphatic heterocycles. The maximum absolute atomic E-state index is 5.76. The van der Waals surface area contributed by atoms with Crippen molar-refractivity contribution < 1.29 is 27.8 Å². The molecule has 0 aliphatic carbocycles. The zero-order valence-electron chi connectivity index (χ0n) is 17.9. The second kappa shape index (κ2) is 16.2. The molecule has 0 amide bonds. The molecule has 0 saturated heterocycles. The lowest BCUT2D eigenvalue weighted by Crippen LogP contribution is -2.26. The summed E-state index contributed by atoms with van der Waals surface area (Å²) in [6.45, 7) is 19.8. The van der Waals surface area contributed by atoms with Crippen molar-refractivity contribution in [2.75, 3.05) is 66.1 Å². The lowest BCUT2D eigenvalue weighted by Gasteiger charge is -2.16. The van der Waals surface area contributed by atoms with Gasteiger partial charge in [-0.05, 0) is 52.1 Å². The van der Waals surface area contributed by atoms with Crippen LogP contribution in [0.5, 0.6) is 0 Å². The van der Waals surface area contributed by atoms with Crippen LogP contribution in [0.4, 0.5) is 0 Å². The van der Waals surface area contributed by atoms with Gasteiger partial charge in [0.25, 0.3) is 0 Å². The Morgan fingerprint density at radius 3 is 0.923 bits per heavy atom. The van der Waals surface area contributed by atoms with Gasteiger partial charge in [-0.25, -0.2) is 0 Å². The van der Waals surface area contributed by atoms with Crippen molar-refractivity contribution in [3.05, 3.63) is 0 Å². The molecule has 158 valence electrons. The molecule has 0 spiro atoms. The summed E-state index contributed by atoms with van der Waals surface area (Å²) in [6.07, 6.45) is 1.88. The second-order valence-corrected chi connectivity index (χ2v) is 17.1. The van der Waals surface area contributed by atoms with Gasteiger partial charge in [-0.3, -0.25) is 0 Å². The molecule has 0 aromatic rings. The van der Waals surface area contributed by atoms with Crippen molar-refractivity contribution in [2.45, 2.75) is 52.1 Å². The van der Waals surface area contributed by atoms with E-state index in [1.165, 1.54) is 0 Å². The average Bonchev–Trinajstić information content (AvgIpc) is 2.51. The third-order valence-corrected chi connectivity index (χ3v) is 5.19. The first-order valence-electron chi connectivity index (χ1n) is 9.79. The van der Waals surface area contributed by atoms with Crippen LogP contribution < -0.4 is 0 Å². The van der Waals surface area contributed by atoms with Crippen molar-refractivity contribution in [3.63, 3.8) is 0 Å². The third-order valence-electron chi connectivity index (χ3n) is 3.05. The third kappa shape index (κ3) is 24.2. The average molecular weight is 411 g/mol. The van der Waals surface area contributed by atoms with Crippen molar-refractivity contribution >= 4 is 16.6 Å². The summed E-state index contributed by atoms with van der Waals surface area (Å²) >= 11 is 0. The van der Waals surface area contributed by atoms with Crippen LogP contribution in [0.3, 0.4) is 0 Å². The molecule has 26 heavy (non-hydrogen) atoms. The fourth-order valence-corrected chi connectivity index (χ4v) is 3.35. The highest BCUT2D eigenvalue weighted by Gasteiger charge is 2.13. The van der Waals surface area contributed by atoms with Gasteiger partial charge >= 0.3 is 0 Å². The van der Waals surface area contributed by atoms with E-state index in [2.05, 4.69) is 39.3 Å². The predicted octanol–water partition coefficient (Wildman–Crippen LogP) is 3.54. The van der Waals surface area contributed by atoms with Gasteiger partial charge in [-0.1, -0.05) is 0 Å². The highest BCUT2D eigenvalue weighted by atomic mass is 28.4. The second-order valence-electron chi connectivity index (χ2n) is 8.08. The first-order chi connectivity index (χ1) is 12.2. The van der Waals surface area contributed by atoms with E-state index in [1.807, 2.05) is 0 Å². The van der Waals surface area contributed by atoms with Crippen LogP contribution in [0.1, 0.15) is 12.8 Å². The summed E-state index contributed by atoms with van der Waals surface area (Å²) in [5.74, 6) is 0. The molecular weight excluding hydrogens is 368 g/mol. The fourth-order valence-electron chi connectivity index (χ4n) is 1.84. The maximum Gasteiger partial charge on any atom is 0.183 e.